The molecule has 1 N–H and O–H groups in total. The SMILES string of the molecule is CC(C)(C)C(=O)ON1CCNC(C)(C)C1=O. The lowest BCUT2D eigenvalue weighted by atomic mass is 9.97. The molecule has 0 atom stereocenters. The van der Waals surface area contributed by atoms with Crippen molar-refractivity contribution in [2.45, 2.75) is 40.2 Å². The fourth-order valence-corrected chi connectivity index (χ4v) is 1.28. The summed E-state index contributed by atoms with van der Waals surface area (Å²) in [5.41, 5.74) is -1.27. The maximum atomic E-state index is 11.9. The van der Waals surface area contributed by atoms with Crippen LogP contribution in [0.15, 0.2) is 0 Å². The molecule has 0 aliphatic carbocycles. The largest absolute Gasteiger partial charge is 0.337 e. The molecule has 1 amide bonds. The Morgan fingerprint density at radius 1 is 1.44 bits per heavy atom. The molecule has 0 bridgehead atoms. The lowest BCUT2D eigenvalue weighted by Gasteiger charge is -2.37. The standard InChI is InChI=1S/C11H20N2O3/c1-10(2,3)9(15)16-13-7-6-12-11(4,5)8(13)14/h12H,6-7H2,1-5H3. The molecule has 5 nitrogen and oxygen atoms in total. The lowest BCUT2D eigenvalue weighted by molar-refractivity contribution is -0.212. The van der Waals surface area contributed by atoms with Gasteiger partial charge in [-0.3, -0.25) is 4.79 Å². The zero-order valence-corrected chi connectivity index (χ0v) is 10.6. The molecule has 1 saturated heterocycles. The minimum Gasteiger partial charge on any atom is -0.337 e. The first-order valence-electron chi connectivity index (χ1n) is 5.44. The molecule has 1 heterocycles. The van der Waals surface area contributed by atoms with Gasteiger partial charge in [-0.1, -0.05) is 0 Å². The second-order valence-corrected chi connectivity index (χ2v) is 5.59. The van der Waals surface area contributed by atoms with Gasteiger partial charge in [0, 0.05) is 6.54 Å². The van der Waals surface area contributed by atoms with Crippen molar-refractivity contribution >= 4 is 11.9 Å². The molecular formula is C11H20N2O3. The third kappa shape index (κ3) is 2.72. The molecular weight excluding hydrogens is 208 g/mol. The Balaban J connectivity index is 2.69. The number of rotatable bonds is 1. The van der Waals surface area contributed by atoms with E-state index >= 15 is 0 Å². The number of nitrogens with zero attached hydrogens (tertiary/aromatic N) is 1. The lowest BCUT2D eigenvalue weighted by Crippen LogP contribution is -2.61. The molecule has 0 radical (unpaired) electrons. The van der Waals surface area contributed by atoms with Gasteiger partial charge in [-0.15, -0.1) is 0 Å². The van der Waals surface area contributed by atoms with Gasteiger partial charge in [0.15, 0.2) is 0 Å². The first-order valence-corrected chi connectivity index (χ1v) is 5.44. The highest BCUT2D eigenvalue weighted by atomic mass is 16.7. The van der Waals surface area contributed by atoms with E-state index in [9.17, 15) is 9.59 Å². The molecule has 1 rings (SSSR count). The van der Waals surface area contributed by atoms with Crippen molar-refractivity contribution in [3.63, 3.8) is 0 Å². The third-order valence-electron chi connectivity index (χ3n) is 2.45. The Labute approximate surface area is 96.1 Å². The smallest absolute Gasteiger partial charge is 0.337 e. The summed E-state index contributed by atoms with van der Waals surface area (Å²) in [5.74, 6) is -0.602. The average molecular weight is 228 g/mol. The zero-order chi connectivity index (χ0) is 12.6. The van der Waals surface area contributed by atoms with Crippen LogP contribution in [0, 0.1) is 5.41 Å². The first-order chi connectivity index (χ1) is 7.14. The van der Waals surface area contributed by atoms with Crippen LogP contribution in [0.3, 0.4) is 0 Å². The van der Waals surface area contributed by atoms with Crippen molar-refractivity contribution in [3.8, 4) is 0 Å². The Morgan fingerprint density at radius 3 is 2.50 bits per heavy atom. The van der Waals surface area contributed by atoms with E-state index in [1.807, 2.05) is 0 Å². The van der Waals surface area contributed by atoms with Crippen molar-refractivity contribution in [2.75, 3.05) is 13.1 Å². The highest BCUT2D eigenvalue weighted by Crippen LogP contribution is 2.19. The number of amides is 1. The van der Waals surface area contributed by atoms with Crippen LogP contribution in [-0.2, 0) is 14.4 Å². The van der Waals surface area contributed by atoms with Crippen molar-refractivity contribution < 1.29 is 14.4 Å². The summed E-state index contributed by atoms with van der Waals surface area (Å²) < 4.78 is 0. The summed E-state index contributed by atoms with van der Waals surface area (Å²) in [4.78, 5) is 28.7. The summed E-state index contributed by atoms with van der Waals surface area (Å²) in [5, 5.41) is 4.22. The fraction of sp³-hybridized carbons (Fsp3) is 0.818. The minimum absolute atomic E-state index is 0.212. The summed E-state index contributed by atoms with van der Waals surface area (Å²) in [6.07, 6.45) is 0. The molecule has 0 aromatic rings. The fourth-order valence-electron chi connectivity index (χ4n) is 1.28. The molecule has 16 heavy (non-hydrogen) atoms. The summed E-state index contributed by atoms with van der Waals surface area (Å²) in [6, 6.07) is 0. The molecule has 0 unspecified atom stereocenters. The number of hydrogen-bond acceptors (Lipinski definition) is 4. The van der Waals surface area contributed by atoms with Gasteiger partial charge in [0.25, 0.3) is 5.91 Å². The van der Waals surface area contributed by atoms with E-state index in [1.54, 1.807) is 34.6 Å². The normalized spacial score (nSPS) is 20.8. The van der Waals surface area contributed by atoms with E-state index in [0.29, 0.717) is 13.1 Å². The maximum Gasteiger partial charge on any atom is 0.337 e. The van der Waals surface area contributed by atoms with Crippen LogP contribution in [0.1, 0.15) is 34.6 Å². The molecule has 0 spiro atoms. The van der Waals surface area contributed by atoms with Crippen LogP contribution >= 0.6 is 0 Å². The van der Waals surface area contributed by atoms with Gasteiger partial charge in [-0.05, 0) is 34.6 Å². The van der Waals surface area contributed by atoms with Crippen LogP contribution in [-0.4, -0.2) is 35.6 Å². The number of carbonyl (C=O) groups excluding carboxylic acids is 2. The van der Waals surface area contributed by atoms with E-state index in [4.69, 9.17) is 4.84 Å². The summed E-state index contributed by atoms with van der Waals surface area (Å²) in [7, 11) is 0. The number of carbonyl (C=O) groups is 2. The van der Waals surface area contributed by atoms with Crippen LogP contribution in [0.4, 0.5) is 0 Å². The molecule has 0 saturated carbocycles. The highest BCUT2D eigenvalue weighted by molar-refractivity contribution is 5.87. The topological polar surface area (TPSA) is 58.6 Å². The zero-order valence-electron chi connectivity index (χ0n) is 10.6. The Morgan fingerprint density at radius 2 is 2.00 bits per heavy atom. The molecule has 1 aliphatic heterocycles. The van der Waals surface area contributed by atoms with E-state index in [2.05, 4.69) is 5.32 Å². The maximum absolute atomic E-state index is 11.9. The quantitative estimate of drug-likeness (QED) is 0.717. The summed E-state index contributed by atoms with van der Waals surface area (Å²) in [6.45, 7) is 9.83. The average Bonchev–Trinajstić information content (AvgIpc) is 2.11. The van der Waals surface area contributed by atoms with E-state index in [0.717, 1.165) is 5.06 Å². The monoisotopic (exact) mass is 228 g/mol. The molecule has 1 fully saturated rings. The molecule has 1 aliphatic rings. The highest BCUT2D eigenvalue weighted by Gasteiger charge is 2.38. The van der Waals surface area contributed by atoms with Crippen LogP contribution in [0.5, 0.6) is 0 Å². The van der Waals surface area contributed by atoms with E-state index < -0.39 is 16.9 Å². The van der Waals surface area contributed by atoms with Gasteiger partial charge in [0.2, 0.25) is 0 Å². The third-order valence-corrected chi connectivity index (χ3v) is 2.45. The second kappa shape index (κ2) is 4.05. The van der Waals surface area contributed by atoms with Crippen molar-refractivity contribution in [2.24, 2.45) is 5.41 Å². The van der Waals surface area contributed by atoms with Gasteiger partial charge >= 0.3 is 5.97 Å². The number of hydrogen-bond donors (Lipinski definition) is 1. The van der Waals surface area contributed by atoms with Gasteiger partial charge < -0.3 is 10.2 Å². The van der Waals surface area contributed by atoms with Gasteiger partial charge in [0.05, 0.1) is 17.5 Å². The number of piperazine rings is 1. The number of nitrogens with one attached hydrogen (secondary N) is 1. The summed E-state index contributed by atoms with van der Waals surface area (Å²) >= 11 is 0. The first kappa shape index (κ1) is 13.0. The Bertz CT molecular complexity index is 305. The van der Waals surface area contributed by atoms with Crippen molar-refractivity contribution in [1.82, 2.24) is 10.4 Å². The molecule has 0 aromatic carbocycles. The molecule has 5 heteroatoms. The van der Waals surface area contributed by atoms with Crippen LogP contribution in [0.2, 0.25) is 0 Å². The van der Waals surface area contributed by atoms with Gasteiger partial charge in [0.1, 0.15) is 0 Å². The van der Waals surface area contributed by atoms with E-state index in [-0.39, 0.29) is 5.91 Å². The Kier molecular flexibility index (Phi) is 3.28. The van der Waals surface area contributed by atoms with Crippen LogP contribution < -0.4 is 5.32 Å². The molecule has 0 aromatic heterocycles. The Hall–Kier alpha value is -1.10. The van der Waals surface area contributed by atoms with E-state index in [1.165, 1.54) is 0 Å². The van der Waals surface area contributed by atoms with Gasteiger partial charge in [-0.2, -0.15) is 5.06 Å². The number of hydroxylamine groups is 2. The van der Waals surface area contributed by atoms with Crippen molar-refractivity contribution in [3.05, 3.63) is 0 Å². The predicted octanol–water partition coefficient (Wildman–Crippen LogP) is 0.701. The second-order valence-electron chi connectivity index (χ2n) is 5.59. The molecule has 92 valence electrons. The predicted molar refractivity (Wildman–Crippen MR) is 59.3 cm³/mol. The minimum atomic E-state index is -0.670. The van der Waals surface area contributed by atoms with Gasteiger partial charge in [-0.25, -0.2) is 4.79 Å². The van der Waals surface area contributed by atoms with Crippen molar-refractivity contribution in [1.29, 1.82) is 0 Å². The van der Waals surface area contributed by atoms with Crippen LogP contribution in [0.25, 0.3) is 0 Å².